The van der Waals surface area contributed by atoms with Crippen molar-refractivity contribution in [2.75, 3.05) is 24.3 Å². The largest absolute Gasteiger partial charge is 0.495 e. The summed E-state index contributed by atoms with van der Waals surface area (Å²) in [5.74, 6) is 0.269. The molecule has 0 bridgehead atoms. The monoisotopic (exact) mass is 437 g/mol. The van der Waals surface area contributed by atoms with E-state index in [2.05, 4.69) is 21.6 Å². The van der Waals surface area contributed by atoms with Crippen LogP contribution in [-0.2, 0) is 11.3 Å². The second-order valence-electron chi connectivity index (χ2n) is 7.04. The topological polar surface area (TPSA) is 70.7 Å². The lowest BCUT2D eigenvalue weighted by Gasteiger charge is -2.26. The van der Waals surface area contributed by atoms with Crippen LogP contribution in [-0.4, -0.2) is 36.4 Å². The Balaban J connectivity index is 1.60. The van der Waals surface area contributed by atoms with E-state index in [1.165, 1.54) is 4.88 Å². The Bertz CT molecular complexity index is 1000. The normalized spacial score (nSPS) is 11.7. The first-order valence-electron chi connectivity index (χ1n) is 10.1. The molecule has 1 aromatic heterocycles. The Labute approximate surface area is 186 Å². The molecule has 1 atom stereocenters. The first-order valence-corrected chi connectivity index (χ1v) is 11.0. The number of methoxy groups -OCH3 is 1. The van der Waals surface area contributed by atoms with E-state index in [0.29, 0.717) is 22.7 Å². The predicted molar refractivity (Wildman–Crippen MR) is 126 cm³/mol. The van der Waals surface area contributed by atoms with E-state index in [9.17, 15) is 9.59 Å². The molecular formula is C24H27N3O3S. The van der Waals surface area contributed by atoms with Crippen LogP contribution < -0.4 is 15.4 Å². The van der Waals surface area contributed by atoms with Gasteiger partial charge in [0.25, 0.3) is 5.91 Å². The summed E-state index contributed by atoms with van der Waals surface area (Å²) in [6.45, 7) is 5.47. The smallest absolute Gasteiger partial charge is 0.255 e. The van der Waals surface area contributed by atoms with Crippen LogP contribution >= 0.6 is 11.3 Å². The van der Waals surface area contributed by atoms with Gasteiger partial charge in [0, 0.05) is 22.7 Å². The lowest BCUT2D eigenvalue weighted by molar-refractivity contribution is -0.120. The van der Waals surface area contributed by atoms with Gasteiger partial charge in [-0.25, -0.2) is 0 Å². The summed E-state index contributed by atoms with van der Waals surface area (Å²) in [5, 5.41) is 7.83. The molecule has 2 N–H and O–H groups in total. The molecule has 0 aliphatic heterocycles. The summed E-state index contributed by atoms with van der Waals surface area (Å²) in [7, 11) is 1.56. The lowest BCUT2D eigenvalue weighted by Crippen LogP contribution is -2.41. The fourth-order valence-corrected chi connectivity index (χ4v) is 3.91. The summed E-state index contributed by atoms with van der Waals surface area (Å²) in [4.78, 5) is 28.6. The van der Waals surface area contributed by atoms with Gasteiger partial charge in [-0.1, -0.05) is 25.1 Å². The van der Waals surface area contributed by atoms with Crippen molar-refractivity contribution < 1.29 is 14.3 Å². The van der Waals surface area contributed by atoms with Crippen molar-refractivity contribution in [3.8, 4) is 5.75 Å². The van der Waals surface area contributed by atoms with Crippen LogP contribution in [0.25, 0.3) is 0 Å². The number of thiophene rings is 1. The van der Waals surface area contributed by atoms with E-state index >= 15 is 0 Å². The van der Waals surface area contributed by atoms with E-state index < -0.39 is 0 Å². The minimum absolute atomic E-state index is 0.0790. The van der Waals surface area contributed by atoms with E-state index in [1.807, 2.05) is 37.4 Å². The molecule has 0 aliphatic carbocycles. The number of hydrogen-bond acceptors (Lipinski definition) is 5. The number of rotatable bonds is 9. The molecule has 1 heterocycles. The van der Waals surface area contributed by atoms with Crippen LogP contribution in [0.5, 0.6) is 5.75 Å². The quantitative estimate of drug-likeness (QED) is 0.502. The molecule has 2 amide bonds. The Morgan fingerprint density at radius 3 is 2.42 bits per heavy atom. The maximum absolute atomic E-state index is 12.7. The fraction of sp³-hybridized carbons (Fsp3) is 0.250. The zero-order chi connectivity index (χ0) is 22.2. The predicted octanol–water partition coefficient (Wildman–Crippen LogP) is 4.86. The van der Waals surface area contributed by atoms with Crippen molar-refractivity contribution in [3.63, 3.8) is 0 Å². The number of benzene rings is 2. The second-order valence-corrected chi connectivity index (χ2v) is 8.07. The van der Waals surface area contributed by atoms with Gasteiger partial charge in [0.2, 0.25) is 5.91 Å². The van der Waals surface area contributed by atoms with Gasteiger partial charge >= 0.3 is 0 Å². The molecule has 3 aromatic rings. The number of para-hydroxylation sites is 2. The first kappa shape index (κ1) is 22.5. The molecular weight excluding hydrogens is 410 g/mol. The third-order valence-electron chi connectivity index (χ3n) is 5.04. The summed E-state index contributed by atoms with van der Waals surface area (Å²) >= 11 is 1.69. The number of carbonyl (C=O) groups is 2. The van der Waals surface area contributed by atoms with Crippen molar-refractivity contribution in [1.29, 1.82) is 0 Å². The van der Waals surface area contributed by atoms with E-state index in [4.69, 9.17) is 4.74 Å². The van der Waals surface area contributed by atoms with Crippen LogP contribution in [0.3, 0.4) is 0 Å². The molecule has 3 rings (SSSR count). The third kappa shape index (κ3) is 5.93. The summed E-state index contributed by atoms with van der Waals surface area (Å²) < 4.78 is 5.26. The maximum atomic E-state index is 12.7. The first-order chi connectivity index (χ1) is 15.0. The molecule has 0 saturated heterocycles. The van der Waals surface area contributed by atoms with Crippen LogP contribution in [0.4, 0.5) is 11.4 Å². The molecule has 0 spiro atoms. The molecule has 0 fully saturated rings. The summed E-state index contributed by atoms with van der Waals surface area (Å²) in [6, 6.07) is 17.9. The molecule has 162 valence electrons. The van der Waals surface area contributed by atoms with Crippen LogP contribution in [0, 0.1) is 0 Å². The number of likely N-dealkylation sites (N-methyl/N-ethyl adjacent to an activating group) is 1. The van der Waals surface area contributed by atoms with Crippen molar-refractivity contribution >= 4 is 34.5 Å². The number of anilines is 2. The second kappa shape index (κ2) is 10.7. The van der Waals surface area contributed by atoms with Gasteiger partial charge in [-0.3, -0.25) is 14.5 Å². The number of amides is 2. The van der Waals surface area contributed by atoms with Crippen molar-refractivity contribution in [1.82, 2.24) is 4.90 Å². The maximum Gasteiger partial charge on any atom is 0.255 e. The van der Waals surface area contributed by atoms with Gasteiger partial charge in [0.1, 0.15) is 5.75 Å². The fourth-order valence-electron chi connectivity index (χ4n) is 3.19. The molecule has 0 aliphatic rings. The minimum Gasteiger partial charge on any atom is -0.495 e. The molecule has 0 radical (unpaired) electrons. The average molecular weight is 438 g/mol. The number of hydrogen-bond donors (Lipinski definition) is 2. The highest BCUT2D eigenvalue weighted by atomic mass is 32.1. The van der Waals surface area contributed by atoms with Crippen molar-refractivity contribution in [2.24, 2.45) is 0 Å². The van der Waals surface area contributed by atoms with Gasteiger partial charge in [0.15, 0.2) is 0 Å². The third-order valence-corrected chi connectivity index (χ3v) is 5.90. The average Bonchev–Trinajstić information content (AvgIpc) is 3.31. The zero-order valence-corrected chi connectivity index (χ0v) is 18.7. The highest BCUT2D eigenvalue weighted by Crippen LogP contribution is 2.24. The summed E-state index contributed by atoms with van der Waals surface area (Å²) in [5.41, 5.74) is 1.74. The van der Waals surface area contributed by atoms with Gasteiger partial charge in [0.05, 0.1) is 18.8 Å². The Morgan fingerprint density at radius 2 is 1.77 bits per heavy atom. The number of ether oxygens (including phenoxy) is 1. The van der Waals surface area contributed by atoms with Gasteiger partial charge in [-0.15, -0.1) is 11.3 Å². The van der Waals surface area contributed by atoms with Crippen molar-refractivity contribution in [2.45, 2.75) is 26.4 Å². The Hall–Kier alpha value is -3.16. The van der Waals surface area contributed by atoms with Crippen molar-refractivity contribution in [3.05, 3.63) is 76.5 Å². The molecule has 1 unspecified atom stereocenters. The van der Waals surface area contributed by atoms with E-state index in [-0.39, 0.29) is 17.9 Å². The molecule has 7 heteroatoms. The molecule has 6 nitrogen and oxygen atoms in total. The highest BCUT2D eigenvalue weighted by molar-refractivity contribution is 7.09. The van der Waals surface area contributed by atoms with E-state index in [0.717, 1.165) is 13.1 Å². The molecule has 2 aromatic carbocycles. The Morgan fingerprint density at radius 1 is 1.03 bits per heavy atom. The highest BCUT2D eigenvalue weighted by Gasteiger charge is 2.21. The molecule has 31 heavy (non-hydrogen) atoms. The minimum atomic E-state index is -0.277. The number of nitrogens with one attached hydrogen (secondary N) is 2. The van der Waals surface area contributed by atoms with Gasteiger partial charge in [-0.05, 0) is 61.3 Å². The SMILES string of the molecule is CCN(Cc1cccs1)C(C)C(=O)Nc1ccc(C(=O)Nc2ccccc2OC)cc1. The van der Waals surface area contributed by atoms with Gasteiger partial charge < -0.3 is 15.4 Å². The summed E-state index contributed by atoms with van der Waals surface area (Å²) in [6.07, 6.45) is 0. The standard InChI is InChI=1S/C24H27N3O3S/c1-4-27(16-20-8-7-15-31-20)17(2)23(28)25-19-13-11-18(12-14-19)24(29)26-21-9-5-6-10-22(21)30-3/h5-15,17H,4,16H2,1-3H3,(H,25,28)(H,26,29). The molecule has 0 saturated carbocycles. The van der Waals surface area contributed by atoms with Crippen LogP contribution in [0.1, 0.15) is 29.1 Å². The number of carbonyl (C=O) groups excluding carboxylic acids is 2. The van der Waals surface area contributed by atoms with E-state index in [1.54, 1.807) is 54.8 Å². The van der Waals surface area contributed by atoms with Crippen LogP contribution in [0.15, 0.2) is 66.0 Å². The lowest BCUT2D eigenvalue weighted by atomic mass is 10.1. The Kier molecular flexibility index (Phi) is 7.81. The zero-order valence-electron chi connectivity index (χ0n) is 17.9. The van der Waals surface area contributed by atoms with Crippen LogP contribution in [0.2, 0.25) is 0 Å². The van der Waals surface area contributed by atoms with Gasteiger partial charge in [-0.2, -0.15) is 0 Å². The number of nitrogens with zero attached hydrogens (tertiary/aromatic N) is 1.